The molecule has 0 bridgehead atoms. The van der Waals surface area contributed by atoms with Gasteiger partial charge in [-0.05, 0) is 97.0 Å². The van der Waals surface area contributed by atoms with Gasteiger partial charge < -0.3 is 19.7 Å². The number of hydrogen-bond acceptors (Lipinski definition) is 6. The number of piperidine rings is 2. The van der Waals surface area contributed by atoms with Crippen molar-refractivity contribution < 1.29 is 36.7 Å². The number of benzene rings is 3. The predicted molar refractivity (Wildman–Crippen MR) is 222 cm³/mol. The Kier molecular flexibility index (Phi) is 11.8. The van der Waals surface area contributed by atoms with E-state index in [0.717, 1.165) is 12.1 Å². The summed E-state index contributed by atoms with van der Waals surface area (Å²) in [6.45, 7) is 1.87. The highest BCUT2D eigenvalue weighted by Crippen LogP contribution is 2.40. The zero-order valence-electron chi connectivity index (χ0n) is 34.1. The molecule has 0 saturated carbocycles. The third-order valence-electron chi connectivity index (χ3n) is 12.3. The number of amides is 4. The van der Waals surface area contributed by atoms with E-state index in [1.807, 2.05) is 6.08 Å². The number of anilines is 1. The Morgan fingerprint density at radius 3 is 2.43 bits per heavy atom. The summed E-state index contributed by atoms with van der Waals surface area (Å²) in [7, 11) is 3.12. The number of carbonyl (C=O) groups is 4. The number of nitrogens with one attached hydrogen (secondary N) is 2. The number of carbonyl (C=O) groups excluding carboxylic acids is 4. The molecular weight excluding hydrogens is 791 g/mol. The molecule has 11 nitrogen and oxygen atoms in total. The van der Waals surface area contributed by atoms with Gasteiger partial charge in [-0.3, -0.25) is 29.2 Å². The van der Waals surface area contributed by atoms with Gasteiger partial charge in [0, 0.05) is 94.6 Å². The van der Waals surface area contributed by atoms with Crippen LogP contribution >= 0.6 is 0 Å². The summed E-state index contributed by atoms with van der Waals surface area (Å²) in [5.74, 6) is -4.05. The van der Waals surface area contributed by atoms with Gasteiger partial charge in [0.15, 0.2) is 5.82 Å². The maximum Gasteiger partial charge on any atom is 0.269 e. The molecule has 0 aliphatic carbocycles. The van der Waals surface area contributed by atoms with Crippen LogP contribution < -0.4 is 10.2 Å². The number of fused-ring (bicyclic) bond motifs is 1. The average Bonchev–Trinajstić information content (AvgIpc) is 3.95. The Balaban J connectivity index is 0.991. The van der Waals surface area contributed by atoms with E-state index in [1.54, 1.807) is 59.2 Å². The molecule has 2 aromatic heterocycles. The molecule has 0 radical (unpaired) electrons. The lowest BCUT2D eigenvalue weighted by Gasteiger charge is -2.34. The van der Waals surface area contributed by atoms with Crippen LogP contribution in [0, 0.1) is 29.2 Å². The summed E-state index contributed by atoms with van der Waals surface area (Å²) in [5, 5.41) is 6.68. The van der Waals surface area contributed by atoms with Gasteiger partial charge in [0.2, 0.25) is 17.7 Å². The van der Waals surface area contributed by atoms with E-state index in [2.05, 4.69) is 15.4 Å². The number of halogens is 4. The highest BCUT2D eigenvalue weighted by atomic mass is 19.1. The predicted octanol–water partition coefficient (Wildman–Crippen LogP) is 7.37. The first-order valence-electron chi connectivity index (χ1n) is 20.7. The van der Waals surface area contributed by atoms with Gasteiger partial charge in [-0.15, -0.1) is 0 Å². The van der Waals surface area contributed by atoms with Crippen LogP contribution in [0.25, 0.3) is 27.6 Å². The van der Waals surface area contributed by atoms with Crippen LogP contribution in [0.1, 0.15) is 78.0 Å². The standard InChI is InChI=1S/C46H47F4N7O4/c1-54(2)46(61)39-24-35-33(22-32(43(50)44(35)52-39)30-5-3-16-56(26-30)42(59)14-20-57-17-4-15-51-57)34-23-38(49)40(25-37(34)48)55-18-12-27(13-19-55)6-7-28-8-9-29(21-36(28)47)31-10-11-41(58)53-45(31)60/h4-5,8-9,15,17,21-25,27,31,52H,3,6-7,10-14,16,18-20,26H2,1-2H3,(H,53,58,60). The van der Waals surface area contributed by atoms with Gasteiger partial charge in [-0.2, -0.15) is 5.10 Å². The van der Waals surface area contributed by atoms with Gasteiger partial charge in [-0.25, -0.2) is 17.6 Å². The van der Waals surface area contributed by atoms with Crippen molar-refractivity contribution in [1.82, 2.24) is 29.9 Å². The second kappa shape index (κ2) is 17.4. The minimum absolute atomic E-state index is 0.0307. The molecule has 2 N–H and O–H groups in total. The molecule has 8 rings (SSSR count). The van der Waals surface area contributed by atoms with E-state index in [-0.39, 0.29) is 76.1 Å². The summed E-state index contributed by atoms with van der Waals surface area (Å²) in [5.41, 5.74) is 1.96. The summed E-state index contributed by atoms with van der Waals surface area (Å²) < 4.78 is 66.0. The molecule has 5 heterocycles. The molecule has 3 aliphatic heterocycles. The number of rotatable bonds is 11. The lowest BCUT2D eigenvalue weighted by Crippen LogP contribution is -2.39. The Labute approximate surface area is 350 Å². The largest absolute Gasteiger partial charge is 0.369 e. The van der Waals surface area contributed by atoms with E-state index in [9.17, 15) is 19.2 Å². The van der Waals surface area contributed by atoms with Crippen LogP contribution in [-0.4, -0.2) is 88.5 Å². The molecule has 1 atom stereocenters. The monoisotopic (exact) mass is 837 g/mol. The van der Waals surface area contributed by atoms with Crippen molar-refractivity contribution in [3.8, 4) is 11.1 Å². The first-order chi connectivity index (χ1) is 29.3. The number of aromatic amines is 1. The Hall–Kier alpha value is -6.25. The molecule has 5 aromatic rings. The fourth-order valence-corrected chi connectivity index (χ4v) is 8.83. The molecule has 1 unspecified atom stereocenters. The maximum atomic E-state index is 16.6. The van der Waals surface area contributed by atoms with Crippen molar-refractivity contribution in [3.63, 3.8) is 0 Å². The fourth-order valence-electron chi connectivity index (χ4n) is 8.83. The molecule has 4 amide bonds. The van der Waals surface area contributed by atoms with E-state index in [0.29, 0.717) is 81.4 Å². The van der Waals surface area contributed by atoms with Crippen LogP contribution in [0.5, 0.6) is 0 Å². The summed E-state index contributed by atoms with van der Waals surface area (Å²) >= 11 is 0. The molecule has 0 spiro atoms. The van der Waals surface area contributed by atoms with Crippen molar-refractivity contribution in [3.05, 3.63) is 113 Å². The van der Waals surface area contributed by atoms with Crippen LogP contribution in [0.15, 0.2) is 67.0 Å². The van der Waals surface area contributed by atoms with Gasteiger partial charge in [0.1, 0.15) is 23.1 Å². The van der Waals surface area contributed by atoms with E-state index in [1.165, 1.54) is 23.1 Å². The molecule has 15 heteroatoms. The van der Waals surface area contributed by atoms with Crippen molar-refractivity contribution in [2.45, 2.75) is 63.8 Å². The summed E-state index contributed by atoms with van der Waals surface area (Å²) in [6.07, 6.45) is 9.03. The van der Waals surface area contributed by atoms with E-state index < -0.39 is 41.0 Å². The number of imide groups is 1. The van der Waals surface area contributed by atoms with Crippen molar-refractivity contribution >= 4 is 45.8 Å². The first-order valence-corrected chi connectivity index (χ1v) is 20.7. The topological polar surface area (TPSA) is 124 Å². The fraction of sp³-hybridized carbons (Fsp3) is 0.370. The van der Waals surface area contributed by atoms with Gasteiger partial charge in [0.25, 0.3) is 5.91 Å². The van der Waals surface area contributed by atoms with Gasteiger partial charge in [0.05, 0.1) is 17.1 Å². The number of aryl methyl sites for hydroxylation is 2. The highest BCUT2D eigenvalue weighted by molar-refractivity contribution is 6.05. The first kappa shape index (κ1) is 41.5. The zero-order chi connectivity index (χ0) is 42.9. The number of H-pyrrole nitrogens is 1. The van der Waals surface area contributed by atoms with Crippen molar-refractivity contribution in [1.29, 1.82) is 0 Å². The molecule has 2 saturated heterocycles. The quantitative estimate of drug-likeness (QED) is 0.106. The van der Waals surface area contributed by atoms with Crippen molar-refractivity contribution in [2.75, 3.05) is 45.2 Å². The summed E-state index contributed by atoms with van der Waals surface area (Å²) in [6, 6.07) is 11.8. The Morgan fingerprint density at radius 1 is 0.902 bits per heavy atom. The minimum Gasteiger partial charge on any atom is -0.369 e. The van der Waals surface area contributed by atoms with Crippen molar-refractivity contribution in [2.24, 2.45) is 5.92 Å². The van der Waals surface area contributed by atoms with E-state index >= 15 is 17.6 Å². The second-order valence-electron chi connectivity index (χ2n) is 16.4. The average molecular weight is 838 g/mol. The lowest BCUT2D eigenvalue weighted by molar-refractivity contribution is -0.134. The SMILES string of the molecule is CN(C)C(=O)c1cc2c(-c3cc(F)c(N4CCC(CCc5ccc(C6CCC(=O)NC6=O)cc5F)CC4)cc3F)cc(C3=CCCN(C(=O)CCn4cccn4)C3)c(F)c2[nH]1. The molecule has 3 aromatic carbocycles. The van der Waals surface area contributed by atoms with E-state index in [4.69, 9.17) is 0 Å². The lowest BCUT2D eigenvalue weighted by atomic mass is 9.87. The second-order valence-corrected chi connectivity index (χ2v) is 16.4. The molecule has 3 aliphatic rings. The maximum absolute atomic E-state index is 16.6. The smallest absolute Gasteiger partial charge is 0.269 e. The number of aromatic nitrogens is 3. The van der Waals surface area contributed by atoms with Crippen LogP contribution in [0.2, 0.25) is 0 Å². The summed E-state index contributed by atoms with van der Waals surface area (Å²) in [4.78, 5) is 57.7. The minimum atomic E-state index is -0.719. The molecule has 318 valence electrons. The van der Waals surface area contributed by atoms with Crippen LogP contribution in [0.3, 0.4) is 0 Å². The molecule has 61 heavy (non-hydrogen) atoms. The number of nitrogens with zero attached hydrogens (tertiary/aromatic N) is 5. The van der Waals surface area contributed by atoms with Crippen LogP contribution in [0.4, 0.5) is 23.2 Å². The third-order valence-corrected chi connectivity index (χ3v) is 12.3. The number of hydrogen-bond donors (Lipinski definition) is 2. The van der Waals surface area contributed by atoms with Crippen LogP contribution in [-0.2, 0) is 27.3 Å². The Bertz CT molecular complexity index is 2540. The highest BCUT2D eigenvalue weighted by Gasteiger charge is 2.30. The van der Waals surface area contributed by atoms with Gasteiger partial charge >= 0.3 is 0 Å². The molecule has 2 fully saturated rings. The third kappa shape index (κ3) is 8.68. The normalized spacial score (nSPS) is 17.5. The molecular formula is C46H47F4N7O4. The Morgan fingerprint density at radius 2 is 1.70 bits per heavy atom. The zero-order valence-corrected chi connectivity index (χ0v) is 34.1. The van der Waals surface area contributed by atoms with Gasteiger partial charge in [-0.1, -0.05) is 18.2 Å².